The van der Waals surface area contributed by atoms with Gasteiger partial charge in [0.2, 0.25) is 15.9 Å². The van der Waals surface area contributed by atoms with Crippen molar-refractivity contribution in [3.63, 3.8) is 0 Å². The number of sulfonamides is 1. The average Bonchev–Trinajstić information content (AvgIpc) is 3.31. The maximum atomic E-state index is 13.2. The van der Waals surface area contributed by atoms with Crippen molar-refractivity contribution < 1.29 is 17.9 Å². The lowest BCUT2D eigenvalue weighted by atomic mass is 9.78. The first kappa shape index (κ1) is 22.6. The highest BCUT2D eigenvalue weighted by molar-refractivity contribution is 7.89. The van der Waals surface area contributed by atoms with Crippen LogP contribution in [0.15, 0.2) is 23.1 Å². The van der Waals surface area contributed by atoms with Crippen LogP contribution in [-0.4, -0.2) is 62.4 Å². The van der Waals surface area contributed by atoms with Crippen LogP contribution in [0, 0.1) is 5.92 Å². The van der Waals surface area contributed by atoms with Gasteiger partial charge in [0, 0.05) is 24.8 Å². The molecule has 0 spiro atoms. The quantitative estimate of drug-likeness (QED) is 0.690. The first-order valence-corrected chi connectivity index (χ1v) is 13.2. The summed E-state index contributed by atoms with van der Waals surface area (Å²) in [5, 5.41) is 2.94. The van der Waals surface area contributed by atoms with Gasteiger partial charge in [-0.1, -0.05) is 12.8 Å². The van der Waals surface area contributed by atoms with Gasteiger partial charge in [-0.15, -0.1) is 0 Å². The summed E-state index contributed by atoms with van der Waals surface area (Å²) in [5.74, 6) is 0.978. The number of hydrogen-bond acceptors (Lipinski definition) is 5. The van der Waals surface area contributed by atoms with E-state index in [1.54, 1.807) is 18.2 Å². The van der Waals surface area contributed by atoms with Crippen LogP contribution in [-0.2, 0) is 14.8 Å². The maximum Gasteiger partial charge on any atom is 0.246 e. The van der Waals surface area contributed by atoms with Gasteiger partial charge in [0.15, 0.2) is 0 Å². The molecule has 1 N–H and O–H groups in total. The van der Waals surface area contributed by atoms with E-state index in [1.807, 2.05) is 6.92 Å². The number of likely N-dealkylation sites (tertiary alicyclic amines) is 1. The van der Waals surface area contributed by atoms with E-state index >= 15 is 0 Å². The van der Waals surface area contributed by atoms with Crippen LogP contribution in [0.25, 0.3) is 0 Å². The summed E-state index contributed by atoms with van der Waals surface area (Å²) in [4.78, 5) is 15.3. The van der Waals surface area contributed by atoms with E-state index in [4.69, 9.17) is 4.74 Å². The fourth-order valence-electron chi connectivity index (χ4n) is 5.44. The minimum Gasteiger partial charge on any atom is -0.492 e. The van der Waals surface area contributed by atoms with Gasteiger partial charge < -0.3 is 10.1 Å². The molecule has 7 nitrogen and oxygen atoms in total. The highest BCUT2D eigenvalue weighted by Crippen LogP contribution is 2.35. The number of carbonyl (C=O) groups excluding carboxylic acids is 1. The molecule has 2 atom stereocenters. The number of nitrogens with one attached hydrogen (secondary N) is 1. The van der Waals surface area contributed by atoms with E-state index in [0.717, 1.165) is 31.7 Å². The number of hydrogen-bond donors (Lipinski definition) is 1. The van der Waals surface area contributed by atoms with Crippen molar-refractivity contribution in [3.8, 4) is 5.75 Å². The fraction of sp³-hybridized carbons (Fsp3) is 0.696. The molecule has 172 valence electrons. The zero-order valence-corrected chi connectivity index (χ0v) is 19.3. The average molecular weight is 450 g/mol. The fourth-order valence-corrected chi connectivity index (χ4v) is 7.11. The molecule has 4 rings (SSSR count). The topological polar surface area (TPSA) is 79.0 Å². The summed E-state index contributed by atoms with van der Waals surface area (Å²) >= 11 is 0. The van der Waals surface area contributed by atoms with Crippen molar-refractivity contribution in [3.05, 3.63) is 18.2 Å². The Balaban J connectivity index is 1.48. The highest BCUT2D eigenvalue weighted by Gasteiger charge is 2.34. The molecule has 31 heavy (non-hydrogen) atoms. The molecule has 1 amide bonds. The molecular weight excluding hydrogens is 414 g/mol. The summed E-state index contributed by atoms with van der Waals surface area (Å²) < 4.78 is 33.4. The Morgan fingerprint density at radius 2 is 1.81 bits per heavy atom. The maximum absolute atomic E-state index is 13.2. The number of nitrogens with zero attached hydrogens (tertiary/aromatic N) is 2. The summed E-state index contributed by atoms with van der Waals surface area (Å²) in [5.41, 5.74) is 0.503. The zero-order chi connectivity index (χ0) is 21.8. The van der Waals surface area contributed by atoms with Gasteiger partial charge in [0.05, 0.1) is 13.2 Å². The second kappa shape index (κ2) is 9.88. The number of benzene rings is 1. The third kappa shape index (κ3) is 5.07. The zero-order valence-electron chi connectivity index (χ0n) is 18.5. The van der Waals surface area contributed by atoms with Gasteiger partial charge in [-0.25, -0.2) is 8.42 Å². The highest BCUT2D eigenvalue weighted by atomic mass is 32.2. The Hall–Kier alpha value is -1.64. The second-order valence-corrected chi connectivity index (χ2v) is 10.9. The van der Waals surface area contributed by atoms with Crippen LogP contribution in [0.4, 0.5) is 5.69 Å². The number of ether oxygens (including phenoxy) is 1. The largest absolute Gasteiger partial charge is 0.492 e. The SMILES string of the molecule is CCOc1ccc(NC(=O)CN2CCC[C@H]3CCCC[C@H]32)cc1S(=O)(=O)N1CCCC1. The van der Waals surface area contributed by atoms with Gasteiger partial charge in [0.1, 0.15) is 10.6 Å². The normalized spacial score (nSPS) is 25.2. The minimum atomic E-state index is -3.65. The summed E-state index contributed by atoms with van der Waals surface area (Å²) in [6.45, 7) is 4.60. The molecular formula is C23H35N3O4S. The number of piperidine rings is 1. The molecule has 1 aromatic carbocycles. The Morgan fingerprint density at radius 1 is 1.06 bits per heavy atom. The summed E-state index contributed by atoms with van der Waals surface area (Å²) in [6.07, 6.45) is 9.18. The van der Waals surface area contributed by atoms with Crippen LogP contribution < -0.4 is 10.1 Å². The third-order valence-corrected chi connectivity index (χ3v) is 8.83. The molecule has 0 unspecified atom stereocenters. The Bertz CT molecular complexity index is 881. The molecule has 2 heterocycles. The number of anilines is 1. The van der Waals surface area contributed by atoms with E-state index in [2.05, 4.69) is 10.2 Å². The summed E-state index contributed by atoms with van der Waals surface area (Å²) in [6, 6.07) is 5.45. The monoisotopic (exact) mass is 449 g/mol. The number of amides is 1. The van der Waals surface area contributed by atoms with Crippen LogP contribution in [0.1, 0.15) is 58.3 Å². The second-order valence-electron chi connectivity index (χ2n) is 8.98. The van der Waals surface area contributed by atoms with E-state index in [0.29, 0.717) is 43.7 Å². The molecule has 0 radical (unpaired) electrons. The predicted molar refractivity (Wildman–Crippen MR) is 121 cm³/mol. The third-order valence-electron chi connectivity index (χ3n) is 6.92. The molecule has 2 saturated heterocycles. The molecule has 8 heteroatoms. The van der Waals surface area contributed by atoms with Crippen molar-refractivity contribution in [1.82, 2.24) is 9.21 Å². The lowest BCUT2D eigenvalue weighted by molar-refractivity contribution is -0.118. The van der Waals surface area contributed by atoms with Gasteiger partial charge in [-0.3, -0.25) is 9.69 Å². The Morgan fingerprint density at radius 3 is 2.58 bits per heavy atom. The van der Waals surface area contributed by atoms with Crippen LogP contribution in [0.3, 0.4) is 0 Å². The molecule has 1 saturated carbocycles. The van der Waals surface area contributed by atoms with Crippen LogP contribution in [0.5, 0.6) is 5.75 Å². The molecule has 2 aliphatic heterocycles. The first-order valence-electron chi connectivity index (χ1n) is 11.8. The minimum absolute atomic E-state index is 0.0834. The number of carbonyl (C=O) groups is 1. The smallest absolute Gasteiger partial charge is 0.246 e. The number of fused-ring (bicyclic) bond motifs is 1. The van der Waals surface area contributed by atoms with Crippen LogP contribution >= 0.6 is 0 Å². The van der Waals surface area contributed by atoms with Gasteiger partial charge >= 0.3 is 0 Å². The van der Waals surface area contributed by atoms with Crippen LogP contribution in [0.2, 0.25) is 0 Å². The number of rotatable bonds is 7. The van der Waals surface area contributed by atoms with Gasteiger partial charge in [-0.2, -0.15) is 4.31 Å². The van der Waals surface area contributed by atoms with Crippen molar-refractivity contribution in [2.24, 2.45) is 5.92 Å². The van der Waals surface area contributed by atoms with Crippen molar-refractivity contribution in [1.29, 1.82) is 0 Å². The molecule has 1 aromatic rings. The van der Waals surface area contributed by atoms with Crippen molar-refractivity contribution >= 4 is 21.6 Å². The molecule has 0 bridgehead atoms. The Kier molecular flexibility index (Phi) is 7.19. The van der Waals surface area contributed by atoms with E-state index in [9.17, 15) is 13.2 Å². The molecule has 1 aliphatic carbocycles. The van der Waals surface area contributed by atoms with E-state index in [-0.39, 0.29) is 10.8 Å². The van der Waals surface area contributed by atoms with Gasteiger partial charge in [0.25, 0.3) is 0 Å². The lowest BCUT2D eigenvalue weighted by Crippen LogP contribution is -2.49. The van der Waals surface area contributed by atoms with Crippen molar-refractivity contribution in [2.45, 2.75) is 69.2 Å². The standard InChI is InChI=1S/C23H35N3O4S/c1-2-30-21-12-11-19(16-22(21)31(28,29)26-14-5-6-15-26)24-23(27)17-25-13-7-9-18-8-3-4-10-20(18)25/h11-12,16,18,20H,2-10,13-15,17H2,1H3,(H,24,27)/t18-,20-/m1/s1. The predicted octanol–water partition coefficient (Wildman–Crippen LogP) is 3.46. The summed E-state index contributed by atoms with van der Waals surface area (Å²) in [7, 11) is -3.65. The van der Waals surface area contributed by atoms with E-state index in [1.165, 1.54) is 36.4 Å². The lowest BCUT2D eigenvalue weighted by Gasteiger charge is -2.43. The van der Waals surface area contributed by atoms with Gasteiger partial charge in [-0.05, 0) is 76.1 Å². The molecule has 3 fully saturated rings. The van der Waals surface area contributed by atoms with E-state index < -0.39 is 10.0 Å². The Labute approximate surface area is 186 Å². The molecule has 3 aliphatic rings. The molecule has 0 aromatic heterocycles. The first-order chi connectivity index (χ1) is 15.0. The van der Waals surface area contributed by atoms with Crippen molar-refractivity contribution in [2.75, 3.05) is 38.1 Å².